The summed E-state index contributed by atoms with van der Waals surface area (Å²) in [5.74, 6) is -0.0106. The van der Waals surface area contributed by atoms with E-state index in [1.54, 1.807) is 6.92 Å². The average molecular weight is 290 g/mol. The third kappa shape index (κ3) is 4.14. The van der Waals surface area contributed by atoms with E-state index in [2.05, 4.69) is 0 Å². The summed E-state index contributed by atoms with van der Waals surface area (Å²) in [7, 11) is 0. The molecule has 0 heterocycles. The number of benzene rings is 1. The van der Waals surface area contributed by atoms with Gasteiger partial charge in [-0.15, -0.1) is 0 Å². The summed E-state index contributed by atoms with van der Waals surface area (Å²) in [5, 5.41) is 0. The van der Waals surface area contributed by atoms with Gasteiger partial charge < -0.3 is 9.47 Å². The molecule has 21 heavy (non-hydrogen) atoms. The van der Waals surface area contributed by atoms with E-state index in [-0.39, 0.29) is 11.8 Å². The predicted molar refractivity (Wildman–Crippen MR) is 78.6 cm³/mol. The fourth-order valence-corrected chi connectivity index (χ4v) is 2.64. The first-order chi connectivity index (χ1) is 10.2. The molecule has 114 valence electrons. The lowest BCUT2D eigenvalue weighted by atomic mass is 9.74. The zero-order chi connectivity index (χ0) is 15.1. The molecule has 4 nitrogen and oxygen atoms in total. The Labute approximate surface area is 125 Å². The predicted octanol–water partition coefficient (Wildman–Crippen LogP) is 2.90. The van der Waals surface area contributed by atoms with Crippen molar-refractivity contribution in [2.75, 3.05) is 13.2 Å². The molecule has 1 aromatic carbocycles. The van der Waals surface area contributed by atoms with Crippen LogP contribution in [-0.4, -0.2) is 25.0 Å². The highest BCUT2D eigenvalue weighted by Gasteiger charge is 2.43. The quantitative estimate of drug-likeness (QED) is 0.756. The standard InChI is InChI=1S/C17H22O4/c1-2-21-16(19)17(10-8-15(18)9-11-17)13-20-12-14-6-4-3-5-7-14/h3-7H,2,8-13H2,1H3. The van der Waals surface area contributed by atoms with Crippen molar-refractivity contribution < 1.29 is 19.1 Å². The molecule has 0 amide bonds. The number of ether oxygens (including phenoxy) is 2. The van der Waals surface area contributed by atoms with E-state index in [0.717, 1.165) is 5.56 Å². The molecule has 4 heteroatoms. The van der Waals surface area contributed by atoms with Crippen molar-refractivity contribution in [3.8, 4) is 0 Å². The van der Waals surface area contributed by atoms with Crippen LogP contribution in [0.5, 0.6) is 0 Å². The van der Waals surface area contributed by atoms with Gasteiger partial charge in [0.1, 0.15) is 5.78 Å². The molecule has 0 unspecified atom stereocenters. The number of carbonyl (C=O) groups excluding carboxylic acids is 2. The van der Waals surface area contributed by atoms with Crippen molar-refractivity contribution >= 4 is 11.8 Å². The van der Waals surface area contributed by atoms with Crippen LogP contribution in [0.2, 0.25) is 0 Å². The fourth-order valence-electron chi connectivity index (χ4n) is 2.64. The SMILES string of the molecule is CCOC(=O)C1(COCc2ccccc2)CCC(=O)CC1. The zero-order valence-corrected chi connectivity index (χ0v) is 12.5. The Morgan fingerprint density at radius 1 is 1.19 bits per heavy atom. The van der Waals surface area contributed by atoms with E-state index < -0.39 is 5.41 Å². The molecule has 0 aliphatic heterocycles. The molecule has 1 aliphatic rings. The monoisotopic (exact) mass is 290 g/mol. The van der Waals surface area contributed by atoms with E-state index in [4.69, 9.17) is 9.47 Å². The zero-order valence-electron chi connectivity index (χ0n) is 12.5. The molecule has 1 fully saturated rings. The lowest BCUT2D eigenvalue weighted by Crippen LogP contribution is -2.41. The summed E-state index contributed by atoms with van der Waals surface area (Å²) in [4.78, 5) is 23.7. The van der Waals surface area contributed by atoms with E-state index in [1.807, 2.05) is 30.3 Å². The van der Waals surface area contributed by atoms with Crippen molar-refractivity contribution in [2.45, 2.75) is 39.2 Å². The topological polar surface area (TPSA) is 52.6 Å². The number of carbonyl (C=O) groups is 2. The molecule has 0 spiro atoms. The van der Waals surface area contributed by atoms with E-state index in [9.17, 15) is 9.59 Å². The smallest absolute Gasteiger partial charge is 0.314 e. The second kappa shape index (κ2) is 7.36. The van der Waals surface area contributed by atoms with Crippen molar-refractivity contribution in [3.63, 3.8) is 0 Å². The van der Waals surface area contributed by atoms with Crippen molar-refractivity contribution in [1.29, 1.82) is 0 Å². The summed E-state index contributed by atoms with van der Waals surface area (Å²) in [5.41, 5.74) is 0.419. The summed E-state index contributed by atoms with van der Waals surface area (Å²) < 4.78 is 10.9. The maximum atomic E-state index is 12.3. The number of hydrogen-bond acceptors (Lipinski definition) is 4. The van der Waals surface area contributed by atoms with Gasteiger partial charge >= 0.3 is 5.97 Å². The highest BCUT2D eigenvalue weighted by Crippen LogP contribution is 2.36. The largest absolute Gasteiger partial charge is 0.465 e. The van der Waals surface area contributed by atoms with Crippen LogP contribution >= 0.6 is 0 Å². The maximum Gasteiger partial charge on any atom is 0.314 e. The maximum absolute atomic E-state index is 12.3. The first kappa shape index (κ1) is 15.7. The van der Waals surface area contributed by atoms with Gasteiger partial charge in [-0.1, -0.05) is 30.3 Å². The molecule has 1 saturated carbocycles. The molecule has 1 aromatic rings. The second-order valence-electron chi connectivity index (χ2n) is 5.52. The minimum absolute atomic E-state index is 0.220. The number of Topliss-reactive ketones (excluding diaryl/α,β-unsaturated/α-hetero) is 1. The van der Waals surface area contributed by atoms with E-state index in [0.29, 0.717) is 45.5 Å². The number of esters is 1. The molecule has 2 rings (SSSR count). The van der Waals surface area contributed by atoms with Gasteiger partial charge in [-0.05, 0) is 25.3 Å². The summed E-state index contributed by atoms with van der Waals surface area (Å²) in [6, 6.07) is 9.84. The molecule has 0 radical (unpaired) electrons. The molecular weight excluding hydrogens is 268 g/mol. The highest BCUT2D eigenvalue weighted by molar-refractivity contribution is 5.84. The van der Waals surface area contributed by atoms with Crippen molar-refractivity contribution in [2.24, 2.45) is 5.41 Å². The van der Waals surface area contributed by atoms with E-state index in [1.165, 1.54) is 0 Å². The Morgan fingerprint density at radius 3 is 2.48 bits per heavy atom. The van der Waals surface area contributed by atoms with Crippen LogP contribution in [-0.2, 0) is 25.7 Å². The number of hydrogen-bond donors (Lipinski definition) is 0. The van der Waals surface area contributed by atoms with Gasteiger partial charge in [0.05, 0.1) is 25.2 Å². The number of ketones is 1. The first-order valence-electron chi connectivity index (χ1n) is 7.47. The van der Waals surface area contributed by atoms with Crippen LogP contribution in [0, 0.1) is 5.41 Å². The Hall–Kier alpha value is -1.68. The third-order valence-corrected chi connectivity index (χ3v) is 3.96. The van der Waals surface area contributed by atoms with Gasteiger partial charge in [-0.25, -0.2) is 0 Å². The van der Waals surface area contributed by atoms with E-state index >= 15 is 0 Å². The number of rotatable bonds is 6. The summed E-state index contributed by atoms with van der Waals surface area (Å²) in [6.07, 6.45) is 1.93. The average Bonchev–Trinajstić information content (AvgIpc) is 2.51. The van der Waals surface area contributed by atoms with Crippen molar-refractivity contribution in [3.05, 3.63) is 35.9 Å². The Bertz CT molecular complexity index is 471. The second-order valence-corrected chi connectivity index (χ2v) is 5.52. The van der Waals surface area contributed by atoms with Gasteiger partial charge in [-0.3, -0.25) is 9.59 Å². The van der Waals surface area contributed by atoms with Crippen LogP contribution in [0.15, 0.2) is 30.3 Å². The van der Waals surface area contributed by atoms with Crippen LogP contribution in [0.25, 0.3) is 0 Å². The third-order valence-electron chi connectivity index (χ3n) is 3.96. The van der Waals surface area contributed by atoms with Crippen LogP contribution in [0.1, 0.15) is 38.2 Å². The van der Waals surface area contributed by atoms with Gasteiger partial charge in [0.25, 0.3) is 0 Å². The van der Waals surface area contributed by atoms with Crippen LogP contribution < -0.4 is 0 Å². The lowest BCUT2D eigenvalue weighted by Gasteiger charge is -2.33. The Morgan fingerprint density at radius 2 is 1.86 bits per heavy atom. The highest BCUT2D eigenvalue weighted by atomic mass is 16.5. The van der Waals surface area contributed by atoms with Gasteiger partial charge in [-0.2, -0.15) is 0 Å². The normalized spacial score (nSPS) is 17.5. The van der Waals surface area contributed by atoms with Crippen LogP contribution in [0.3, 0.4) is 0 Å². The molecule has 0 bridgehead atoms. The molecule has 0 saturated heterocycles. The van der Waals surface area contributed by atoms with Crippen molar-refractivity contribution in [1.82, 2.24) is 0 Å². The van der Waals surface area contributed by atoms with Crippen LogP contribution in [0.4, 0.5) is 0 Å². The molecule has 0 N–H and O–H groups in total. The summed E-state index contributed by atoms with van der Waals surface area (Å²) in [6.45, 7) is 2.93. The Kier molecular flexibility index (Phi) is 5.51. The van der Waals surface area contributed by atoms with Gasteiger partial charge in [0.15, 0.2) is 0 Å². The molecule has 0 aromatic heterocycles. The molecule has 1 aliphatic carbocycles. The minimum Gasteiger partial charge on any atom is -0.465 e. The van der Waals surface area contributed by atoms with Gasteiger partial charge in [0.2, 0.25) is 0 Å². The Balaban J connectivity index is 1.96. The minimum atomic E-state index is -0.654. The fraction of sp³-hybridized carbons (Fsp3) is 0.529. The summed E-state index contributed by atoms with van der Waals surface area (Å²) >= 11 is 0. The molecular formula is C17H22O4. The van der Waals surface area contributed by atoms with Gasteiger partial charge in [0, 0.05) is 12.8 Å². The lowest BCUT2D eigenvalue weighted by molar-refractivity contribution is -0.163. The molecule has 0 atom stereocenters. The first-order valence-corrected chi connectivity index (χ1v) is 7.47.